The highest BCUT2D eigenvalue weighted by Crippen LogP contribution is 2.39. The Morgan fingerprint density at radius 2 is 2.08 bits per heavy atom. The van der Waals surface area contributed by atoms with Crippen molar-refractivity contribution in [2.24, 2.45) is 0 Å². The molecule has 2 N–H and O–H groups in total. The number of hydrogen-bond donors (Lipinski definition) is 2. The smallest absolute Gasteiger partial charge is 0.243 e. The van der Waals surface area contributed by atoms with E-state index in [1.165, 1.54) is 25.7 Å². The molecule has 25 heavy (non-hydrogen) atoms. The molecule has 0 aromatic carbocycles. The van der Waals surface area contributed by atoms with Crippen LogP contribution in [-0.4, -0.2) is 42.8 Å². The Bertz CT molecular complexity index is 905. The first-order valence-corrected chi connectivity index (χ1v) is 9.23. The summed E-state index contributed by atoms with van der Waals surface area (Å²) in [6, 6.07) is 6.20. The Labute approximate surface area is 150 Å². The maximum atomic E-state index is 6.18. The van der Waals surface area contributed by atoms with Gasteiger partial charge in [0.2, 0.25) is 5.28 Å². The van der Waals surface area contributed by atoms with Gasteiger partial charge in [0.05, 0.1) is 11.4 Å². The highest BCUT2D eigenvalue weighted by molar-refractivity contribution is 6.28. The van der Waals surface area contributed by atoms with Gasteiger partial charge in [-0.2, -0.15) is 10.1 Å². The van der Waals surface area contributed by atoms with Crippen molar-refractivity contribution in [1.29, 1.82) is 0 Å². The fourth-order valence-electron chi connectivity index (χ4n) is 3.52. The molecule has 1 saturated carbocycles. The van der Waals surface area contributed by atoms with Gasteiger partial charge in [0, 0.05) is 18.5 Å². The van der Waals surface area contributed by atoms with Crippen molar-refractivity contribution < 1.29 is 0 Å². The highest BCUT2D eigenvalue weighted by atomic mass is 35.5. The van der Waals surface area contributed by atoms with Crippen LogP contribution in [0, 0.1) is 0 Å². The molecule has 0 amide bonds. The molecule has 4 heterocycles. The minimum atomic E-state index is 0.232. The Morgan fingerprint density at radius 3 is 2.88 bits per heavy atom. The molecule has 0 radical (unpaired) electrons. The largest absolute Gasteiger partial charge is 0.323 e. The van der Waals surface area contributed by atoms with Crippen molar-refractivity contribution in [2.75, 3.05) is 18.4 Å². The number of aromatic amines is 1. The molecule has 0 atom stereocenters. The summed E-state index contributed by atoms with van der Waals surface area (Å²) in [6.07, 6.45) is 5.00. The third kappa shape index (κ3) is 2.98. The molecular weight excluding hydrogens is 338 g/mol. The second-order valence-electron chi connectivity index (χ2n) is 6.94. The lowest BCUT2D eigenvalue weighted by atomic mass is 10.3. The molecule has 130 valence electrons. The summed E-state index contributed by atoms with van der Waals surface area (Å²) in [5, 5.41) is 15.4. The van der Waals surface area contributed by atoms with Gasteiger partial charge >= 0.3 is 0 Å². The van der Waals surface area contributed by atoms with E-state index in [4.69, 9.17) is 11.6 Å². The molecule has 0 spiro atoms. The van der Waals surface area contributed by atoms with Gasteiger partial charge in [-0.1, -0.05) is 0 Å². The molecule has 7 nitrogen and oxygen atoms in total. The van der Waals surface area contributed by atoms with Crippen molar-refractivity contribution >= 4 is 28.8 Å². The first-order valence-electron chi connectivity index (χ1n) is 8.85. The monoisotopic (exact) mass is 357 g/mol. The minimum Gasteiger partial charge on any atom is -0.323 e. The van der Waals surface area contributed by atoms with Gasteiger partial charge in [0.25, 0.3) is 0 Å². The summed E-state index contributed by atoms with van der Waals surface area (Å²) in [4.78, 5) is 6.82. The number of nitrogens with one attached hydrogen (secondary N) is 2. The Balaban J connectivity index is 1.45. The summed E-state index contributed by atoms with van der Waals surface area (Å²) in [5.41, 5.74) is 3.16. The SMILES string of the molecule is Clc1nc(Nc2cc(C3CC3)n[nH]2)c2ccc(CN3CCCC3)n2n1. The zero-order valence-electron chi connectivity index (χ0n) is 13.9. The Morgan fingerprint density at radius 1 is 1.24 bits per heavy atom. The van der Waals surface area contributed by atoms with Crippen LogP contribution in [0.3, 0.4) is 0 Å². The third-order valence-electron chi connectivity index (χ3n) is 4.99. The van der Waals surface area contributed by atoms with Crippen LogP contribution in [0.25, 0.3) is 5.52 Å². The van der Waals surface area contributed by atoms with Crippen molar-refractivity contribution in [3.8, 4) is 0 Å². The number of anilines is 2. The van der Waals surface area contributed by atoms with Gasteiger partial charge < -0.3 is 5.32 Å². The van der Waals surface area contributed by atoms with Crippen LogP contribution >= 0.6 is 11.6 Å². The summed E-state index contributed by atoms with van der Waals surface area (Å²) >= 11 is 6.18. The quantitative estimate of drug-likeness (QED) is 0.732. The predicted octanol–water partition coefficient (Wildman–Crippen LogP) is 3.32. The molecule has 1 aliphatic heterocycles. The Kier molecular flexibility index (Phi) is 3.64. The molecule has 8 heteroatoms. The number of rotatable bonds is 5. The molecule has 2 fully saturated rings. The molecule has 3 aromatic heterocycles. The lowest BCUT2D eigenvalue weighted by Gasteiger charge is -2.14. The molecule has 2 aliphatic rings. The first kappa shape index (κ1) is 15.2. The van der Waals surface area contributed by atoms with Crippen molar-refractivity contribution in [3.63, 3.8) is 0 Å². The van der Waals surface area contributed by atoms with Crippen LogP contribution in [0.4, 0.5) is 11.6 Å². The lowest BCUT2D eigenvalue weighted by molar-refractivity contribution is 0.324. The zero-order chi connectivity index (χ0) is 16.8. The number of H-pyrrole nitrogens is 1. The fourth-order valence-corrected chi connectivity index (χ4v) is 3.68. The summed E-state index contributed by atoms with van der Waals surface area (Å²) in [6.45, 7) is 3.18. The highest BCUT2D eigenvalue weighted by Gasteiger charge is 2.26. The average molecular weight is 358 g/mol. The van der Waals surface area contributed by atoms with E-state index in [0.29, 0.717) is 11.7 Å². The van der Waals surface area contributed by atoms with E-state index in [0.717, 1.165) is 42.4 Å². The van der Waals surface area contributed by atoms with E-state index in [1.54, 1.807) is 0 Å². The molecule has 3 aromatic rings. The second kappa shape index (κ2) is 6.00. The third-order valence-corrected chi connectivity index (χ3v) is 5.15. The van der Waals surface area contributed by atoms with Gasteiger partial charge in [-0.25, -0.2) is 4.52 Å². The van der Waals surface area contributed by atoms with Crippen LogP contribution < -0.4 is 5.32 Å². The number of hydrogen-bond acceptors (Lipinski definition) is 5. The number of fused-ring (bicyclic) bond motifs is 1. The van der Waals surface area contributed by atoms with Crippen molar-refractivity contribution in [3.05, 3.63) is 34.9 Å². The molecular formula is C17H20ClN7. The molecule has 1 aliphatic carbocycles. The lowest BCUT2D eigenvalue weighted by Crippen LogP contribution is -2.20. The predicted molar refractivity (Wildman–Crippen MR) is 96.4 cm³/mol. The minimum absolute atomic E-state index is 0.232. The van der Waals surface area contributed by atoms with Gasteiger partial charge in [-0.05, 0) is 62.5 Å². The molecule has 5 rings (SSSR count). The van der Waals surface area contributed by atoms with Crippen LogP contribution in [0.5, 0.6) is 0 Å². The van der Waals surface area contributed by atoms with Gasteiger partial charge in [0.1, 0.15) is 11.3 Å². The standard InChI is InChI=1S/C17H20ClN7/c18-17-20-16(19-15-9-13(21-22-15)11-3-4-11)14-6-5-12(25(14)23-17)10-24-7-1-2-8-24/h5-6,9,11H,1-4,7-8,10H2,(H2,19,20,21,22,23). The van der Waals surface area contributed by atoms with E-state index in [9.17, 15) is 0 Å². The summed E-state index contributed by atoms with van der Waals surface area (Å²) in [5.74, 6) is 2.14. The fraction of sp³-hybridized carbons (Fsp3) is 0.471. The summed E-state index contributed by atoms with van der Waals surface area (Å²) in [7, 11) is 0. The Hall–Kier alpha value is -2.12. The van der Waals surface area contributed by atoms with Crippen LogP contribution in [-0.2, 0) is 6.54 Å². The van der Waals surface area contributed by atoms with E-state index in [-0.39, 0.29) is 5.28 Å². The maximum absolute atomic E-state index is 6.18. The van der Waals surface area contributed by atoms with Crippen LogP contribution in [0.15, 0.2) is 18.2 Å². The summed E-state index contributed by atoms with van der Waals surface area (Å²) < 4.78 is 1.90. The van der Waals surface area contributed by atoms with Crippen molar-refractivity contribution in [1.82, 2.24) is 29.7 Å². The van der Waals surface area contributed by atoms with Crippen LogP contribution in [0.1, 0.15) is 43.0 Å². The molecule has 1 saturated heterocycles. The zero-order valence-corrected chi connectivity index (χ0v) is 14.6. The second-order valence-corrected chi connectivity index (χ2v) is 7.28. The maximum Gasteiger partial charge on any atom is 0.243 e. The number of halogens is 1. The van der Waals surface area contributed by atoms with Gasteiger partial charge in [-0.3, -0.25) is 10.00 Å². The van der Waals surface area contributed by atoms with Crippen molar-refractivity contribution in [2.45, 2.75) is 38.1 Å². The number of aromatic nitrogens is 5. The first-order chi connectivity index (χ1) is 12.3. The van der Waals surface area contributed by atoms with E-state index < -0.39 is 0 Å². The topological polar surface area (TPSA) is 74.1 Å². The van der Waals surface area contributed by atoms with E-state index in [2.05, 4.69) is 42.6 Å². The molecule has 0 unspecified atom stereocenters. The van der Waals surface area contributed by atoms with Gasteiger partial charge in [-0.15, -0.1) is 5.10 Å². The van der Waals surface area contributed by atoms with Crippen LogP contribution in [0.2, 0.25) is 5.28 Å². The average Bonchev–Trinajstić information content (AvgIpc) is 2.99. The number of nitrogens with zero attached hydrogens (tertiary/aromatic N) is 5. The van der Waals surface area contributed by atoms with E-state index >= 15 is 0 Å². The number of likely N-dealkylation sites (tertiary alicyclic amines) is 1. The normalized spacial score (nSPS) is 18.3. The molecule has 0 bridgehead atoms. The van der Waals surface area contributed by atoms with Gasteiger partial charge in [0.15, 0.2) is 5.82 Å². The van der Waals surface area contributed by atoms with E-state index in [1.807, 2.05) is 10.6 Å².